The van der Waals surface area contributed by atoms with Gasteiger partial charge in [0.25, 0.3) is 5.91 Å². The monoisotopic (exact) mass is 386 g/mol. The van der Waals surface area contributed by atoms with E-state index in [9.17, 15) is 13.2 Å². The molecule has 2 aromatic carbocycles. The van der Waals surface area contributed by atoms with Crippen molar-refractivity contribution in [3.63, 3.8) is 0 Å². The Morgan fingerprint density at radius 2 is 1.67 bits per heavy atom. The first-order valence-corrected chi connectivity index (χ1v) is 11.0. The third-order valence-corrected chi connectivity index (χ3v) is 6.82. The minimum absolute atomic E-state index is 0.0158. The highest BCUT2D eigenvalue weighted by Gasteiger charge is 2.24. The van der Waals surface area contributed by atoms with Crippen LogP contribution < -0.4 is 5.32 Å². The zero-order chi connectivity index (χ0) is 19.3. The number of nitrogens with zero attached hydrogens (tertiary/aromatic N) is 1. The summed E-state index contributed by atoms with van der Waals surface area (Å²) in [5, 5.41) is 2.91. The summed E-state index contributed by atoms with van der Waals surface area (Å²) in [6.45, 7) is 3.71. The van der Waals surface area contributed by atoms with Gasteiger partial charge in [0.1, 0.15) is 0 Å². The Morgan fingerprint density at radius 3 is 2.33 bits per heavy atom. The molecule has 1 fully saturated rings. The van der Waals surface area contributed by atoms with Gasteiger partial charge in [-0.1, -0.05) is 42.8 Å². The molecular weight excluding hydrogens is 360 g/mol. The molecule has 2 aromatic rings. The molecule has 5 nitrogen and oxygen atoms in total. The zero-order valence-corrected chi connectivity index (χ0v) is 16.5. The number of benzene rings is 2. The van der Waals surface area contributed by atoms with E-state index in [2.05, 4.69) is 5.32 Å². The van der Waals surface area contributed by atoms with Gasteiger partial charge in [-0.05, 0) is 48.6 Å². The molecule has 0 bridgehead atoms. The van der Waals surface area contributed by atoms with E-state index in [4.69, 9.17) is 0 Å². The molecule has 3 rings (SSSR count). The van der Waals surface area contributed by atoms with Crippen LogP contribution in [-0.2, 0) is 22.3 Å². The van der Waals surface area contributed by atoms with Gasteiger partial charge in [0.15, 0.2) is 0 Å². The maximum atomic E-state index is 12.5. The number of sulfonamides is 1. The van der Waals surface area contributed by atoms with Crippen molar-refractivity contribution >= 4 is 15.9 Å². The van der Waals surface area contributed by atoms with Crippen molar-refractivity contribution in [2.45, 2.75) is 38.5 Å². The smallest absolute Gasteiger partial charge is 0.251 e. The fraction of sp³-hybridized carbons (Fsp3) is 0.381. The number of carbonyl (C=O) groups is 1. The van der Waals surface area contributed by atoms with Gasteiger partial charge in [-0.15, -0.1) is 0 Å². The minimum Gasteiger partial charge on any atom is -0.348 e. The van der Waals surface area contributed by atoms with E-state index < -0.39 is 10.0 Å². The van der Waals surface area contributed by atoms with Crippen LogP contribution >= 0.6 is 0 Å². The standard InChI is InChI=1S/C21H26N2O3S/c1-17-7-3-4-8-20(17)15-22-21(24)19-11-9-18(10-12-19)16-27(25,26)23-13-5-2-6-14-23/h3-4,7-12H,2,5-6,13-16H2,1H3,(H,22,24). The molecule has 0 radical (unpaired) electrons. The molecule has 0 aromatic heterocycles. The average molecular weight is 387 g/mol. The van der Waals surface area contributed by atoms with Gasteiger partial charge in [0, 0.05) is 25.2 Å². The number of hydrogen-bond donors (Lipinski definition) is 1. The van der Waals surface area contributed by atoms with Crippen molar-refractivity contribution in [1.82, 2.24) is 9.62 Å². The largest absolute Gasteiger partial charge is 0.348 e. The first-order valence-electron chi connectivity index (χ1n) is 9.35. The molecule has 144 valence electrons. The van der Waals surface area contributed by atoms with Crippen molar-refractivity contribution in [2.75, 3.05) is 13.1 Å². The Bertz CT molecular complexity index is 886. The van der Waals surface area contributed by atoms with E-state index in [1.807, 2.05) is 31.2 Å². The van der Waals surface area contributed by atoms with Gasteiger partial charge in [0.05, 0.1) is 5.75 Å². The first kappa shape index (κ1) is 19.6. The van der Waals surface area contributed by atoms with E-state index in [0.29, 0.717) is 30.8 Å². The van der Waals surface area contributed by atoms with Crippen LogP contribution in [0.5, 0.6) is 0 Å². The Hall–Kier alpha value is -2.18. The molecule has 1 amide bonds. The van der Waals surface area contributed by atoms with Gasteiger partial charge in [-0.3, -0.25) is 4.79 Å². The van der Waals surface area contributed by atoms with Crippen LogP contribution in [-0.4, -0.2) is 31.7 Å². The maximum absolute atomic E-state index is 12.5. The number of piperidine rings is 1. The summed E-state index contributed by atoms with van der Waals surface area (Å²) >= 11 is 0. The average Bonchev–Trinajstić information content (AvgIpc) is 2.68. The molecule has 1 N–H and O–H groups in total. The van der Waals surface area contributed by atoms with Crippen LogP contribution in [0.15, 0.2) is 48.5 Å². The van der Waals surface area contributed by atoms with Gasteiger partial charge in [-0.25, -0.2) is 12.7 Å². The van der Waals surface area contributed by atoms with E-state index in [1.165, 1.54) is 0 Å². The number of hydrogen-bond acceptors (Lipinski definition) is 3. The van der Waals surface area contributed by atoms with Gasteiger partial charge < -0.3 is 5.32 Å². The van der Waals surface area contributed by atoms with Gasteiger partial charge in [-0.2, -0.15) is 0 Å². The molecule has 6 heteroatoms. The van der Waals surface area contributed by atoms with Crippen LogP contribution in [0.25, 0.3) is 0 Å². The predicted molar refractivity (Wildman–Crippen MR) is 107 cm³/mol. The van der Waals surface area contributed by atoms with Crippen molar-refractivity contribution < 1.29 is 13.2 Å². The topological polar surface area (TPSA) is 66.5 Å². The molecule has 0 spiro atoms. The second-order valence-corrected chi connectivity index (χ2v) is 8.99. The van der Waals surface area contributed by atoms with Crippen molar-refractivity contribution in [2.24, 2.45) is 0 Å². The van der Waals surface area contributed by atoms with E-state index in [-0.39, 0.29) is 11.7 Å². The second kappa shape index (κ2) is 8.67. The number of rotatable bonds is 6. The molecule has 1 aliphatic heterocycles. The summed E-state index contributed by atoms with van der Waals surface area (Å²) in [6.07, 6.45) is 2.96. The molecule has 1 heterocycles. The molecule has 0 saturated carbocycles. The van der Waals surface area contributed by atoms with Crippen molar-refractivity contribution in [1.29, 1.82) is 0 Å². The third-order valence-electron chi connectivity index (χ3n) is 4.97. The van der Waals surface area contributed by atoms with Crippen LogP contribution in [0.2, 0.25) is 0 Å². The minimum atomic E-state index is -3.29. The Balaban J connectivity index is 1.59. The van der Waals surface area contributed by atoms with E-state index in [0.717, 1.165) is 30.4 Å². The summed E-state index contributed by atoms with van der Waals surface area (Å²) in [7, 11) is -3.29. The van der Waals surface area contributed by atoms with Crippen LogP contribution in [0.4, 0.5) is 0 Å². The molecule has 27 heavy (non-hydrogen) atoms. The molecule has 0 atom stereocenters. The second-order valence-electron chi connectivity index (χ2n) is 7.02. The lowest BCUT2D eigenvalue weighted by Crippen LogP contribution is -2.36. The number of nitrogens with one attached hydrogen (secondary N) is 1. The first-order chi connectivity index (χ1) is 13.0. The van der Waals surface area contributed by atoms with Gasteiger partial charge >= 0.3 is 0 Å². The fourth-order valence-corrected chi connectivity index (χ4v) is 4.89. The fourth-order valence-electron chi connectivity index (χ4n) is 3.28. The number of carbonyl (C=O) groups excluding carboxylic acids is 1. The lowest BCUT2D eigenvalue weighted by Gasteiger charge is -2.25. The molecular formula is C21H26N2O3S. The normalized spacial score (nSPS) is 15.4. The van der Waals surface area contributed by atoms with Crippen molar-refractivity contribution in [3.05, 3.63) is 70.8 Å². The summed E-state index contributed by atoms with van der Waals surface area (Å²) in [5.41, 5.74) is 3.45. The Kier molecular flexibility index (Phi) is 6.29. The summed E-state index contributed by atoms with van der Waals surface area (Å²) < 4.78 is 26.6. The quantitative estimate of drug-likeness (QED) is 0.829. The molecule has 0 unspecified atom stereocenters. The zero-order valence-electron chi connectivity index (χ0n) is 15.6. The number of amides is 1. The predicted octanol–water partition coefficient (Wildman–Crippen LogP) is 3.24. The Labute approximate surface area is 161 Å². The summed E-state index contributed by atoms with van der Waals surface area (Å²) in [4.78, 5) is 12.3. The highest BCUT2D eigenvalue weighted by molar-refractivity contribution is 7.88. The van der Waals surface area contributed by atoms with E-state index in [1.54, 1.807) is 28.6 Å². The highest BCUT2D eigenvalue weighted by atomic mass is 32.2. The maximum Gasteiger partial charge on any atom is 0.251 e. The van der Waals surface area contributed by atoms with Crippen LogP contribution in [0.1, 0.15) is 46.3 Å². The number of aryl methyl sites for hydroxylation is 1. The SMILES string of the molecule is Cc1ccccc1CNC(=O)c1ccc(CS(=O)(=O)N2CCCCC2)cc1. The summed E-state index contributed by atoms with van der Waals surface area (Å²) in [6, 6.07) is 14.8. The summed E-state index contributed by atoms with van der Waals surface area (Å²) in [5.74, 6) is -0.179. The van der Waals surface area contributed by atoms with Crippen molar-refractivity contribution in [3.8, 4) is 0 Å². The Morgan fingerprint density at radius 1 is 1.00 bits per heavy atom. The lowest BCUT2D eigenvalue weighted by atomic mass is 10.1. The molecule has 1 aliphatic rings. The highest BCUT2D eigenvalue weighted by Crippen LogP contribution is 2.17. The van der Waals surface area contributed by atoms with Crippen LogP contribution in [0, 0.1) is 6.92 Å². The van der Waals surface area contributed by atoms with Crippen LogP contribution in [0.3, 0.4) is 0 Å². The van der Waals surface area contributed by atoms with E-state index >= 15 is 0 Å². The lowest BCUT2D eigenvalue weighted by molar-refractivity contribution is 0.0951. The molecule has 0 aliphatic carbocycles. The van der Waals surface area contributed by atoms with Gasteiger partial charge in [0.2, 0.25) is 10.0 Å². The molecule has 1 saturated heterocycles. The third kappa shape index (κ3) is 5.17.